The van der Waals surface area contributed by atoms with Crippen LogP contribution in [0.3, 0.4) is 0 Å². The van der Waals surface area contributed by atoms with Crippen LogP contribution in [0.4, 0.5) is 0 Å². The van der Waals surface area contributed by atoms with Gasteiger partial charge in [-0.2, -0.15) is 0 Å². The minimum atomic E-state index is 0.480. The fourth-order valence-electron chi connectivity index (χ4n) is 0.733. The monoisotopic (exact) mass is 241 g/mol. The van der Waals surface area contributed by atoms with Gasteiger partial charge in [0.2, 0.25) is 0 Å². The van der Waals surface area contributed by atoms with E-state index in [0.29, 0.717) is 11.8 Å². The lowest BCUT2D eigenvalue weighted by Gasteiger charge is -1.93. The summed E-state index contributed by atoms with van der Waals surface area (Å²) in [5, 5.41) is 0. The molecule has 1 aromatic rings. The van der Waals surface area contributed by atoms with Crippen LogP contribution in [-0.4, -0.2) is 4.98 Å². The van der Waals surface area contributed by atoms with E-state index in [1.165, 1.54) is 0 Å². The van der Waals surface area contributed by atoms with Crippen LogP contribution >= 0.6 is 39.1 Å². The highest BCUT2D eigenvalue weighted by Crippen LogP contribution is 2.22. The summed E-state index contributed by atoms with van der Waals surface area (Å²) in [5.41, 5.74) is 2.04. The molecule has 0 unspecified atom stereocenters. The Hall–Kier alpha value is 0.340. The van der Waals surface area contributed by atoms with Gasteiger partial charge in [0.25, 0.3) is 0 Å². The van der Waals surface area contributed by atoms with Crippen molar-refractivity contribution in [3.63, 3.8) is 0 Å². The van der Waals surface area contributed by atoms with E-state index in [4.69, 9.17) is 23.2 Å². The molecule has 56 valence electrons. The quantitative estimate of drug-likeness (QED) is 0.767. The first-order valence-electron chi connectivity index (χ1n) is 2.76. The highest BCUT2D eigenvalue weighted by Gasteiger charge is 2.05. The molecule has 0 spiro atoms. The molecule has 4 heteroatoms. The number of hydrogen-bond acceptors (Lipinski definition) is 0. The fraction of sp³-hybridized carbons (Fsp3) is 0.333. The van der Waals surface area contributed by atoms with Gasteiger partial charge in [-0.05, 0) is 15.9 Å². The van der Waals surface area contributed by atoms with Gasteiger partial charge < -0.3 is 4.98 Å². The van der Waals surface area contributed by atoms with Gasteiger partial charge in [0.15, 0.2) is 0 Å². The maximum absolute atomic E-state index is 5.65. The molecule has 0 saturated carbocycles. The average molecular weight is 243 g/mol. The Labute approximate surface area is 77.8 Å². The van der Waals surface area contributed by atoms with Crippen LogP contribution in [0.25, 0.3) is 0 Å². The summed E-state index contributed by atoms with van der Waals surface area (Å²) in [6.45, 7) is 0. The van der Waals surface area contributed by atoms with E-state index < -0.39 is 0 Å². The number of alkyl halides is 2. The Balaban J connectivity index is 3.01. The molecule has 0 aliphatic carbocycles. The van der Waals surface area contributed by atoms with E-state index in [1.54, 1.807) is 0 Å². The minimum Gasteiger partial charge on any atom is -0.363 e. The van der Waals surface area contributed by atoms with Crippen LogP contribution in [0.1, 0.15) is 11.3 Å². The molecule has 0 radical (unpaired) electrons. The molecule has 1 aromatic heterocycles. The van der Waals surface area contributed by atoms with Crippen LogP contribution in [0.5, 0.6) is 0 Å². The van der Waals surface area contributed by atoms with E-state index in [-0.39, 0.29) is 0 Å². The van der Waals surface area contributed by atoms with Crippen molar-refractivity contribution in [3.05, 3.63) is 21.9 Å². The lowest BCUT2D eigenvalue weighted by molar-refractivity contribution is 1.18. The summed E-state index contributed by atoms with van der Waals surface area (Å²) in [5.74, 6) is 0.972. The number of aromatic nitrogens is 1. The van der Waals surface area contributed by atoms with Crippen LogP contribution < -0.4 is 0 Å². The zero-order valence-electron chi connectivity index (χ0n) is 5.13. The number of nitrogens with one attached hydrogen (secondary N) is 1. The second-order valence-corrected chi connectivity index (χ2v) is 3.25. The lowest BCUT2D eigenvalue weighted by Crippen LogP contribution is -1.83. The van der Waals surface area contributed by atoms with Crippen molar-refractivity contribution in [1.29, 1.82) is 0 Å². The lowest BCUT2D eigenvalue weighted by atomic mass is 10.3. The first-order valence-corrected chi connectivity index (χ1v) is 4.62. The molecule has 0 atom stereocenters. The van der Waals surface area contributed by atoms with Crippen LogP contribution in [0.15, 0.2) is 10.7 Å². The highest BCUT2D eigenvalue weighted by molar-refractivity contribution is 9.10. The molecule has 0 aromatic carbocycles. The molecular formula is C6H6BrCl2N. The fourth-order valence-corrected chi connectivity index (χ4v) is 1.93. The summed E-state index contributed by atoms with van der Waals surface area (Å²) < 4.78 is 0.998. The Bertz CT molecular complexity index is 222. The third-order valence-electron chi connectivity index (χ3n) is 1.29. The summed E-state index contributed by atoms with van der Waals surface area (Å²) in [6.07, 6.45) is 1.84. The maximum atomic E-state index is 5.65. The molecule has 1 nitrogen and oxygen atoms in total. The molecule has 0 saturated heterocycles. The second kappa shape index (κ2) is 3.65. The topological polar surface area (TPSA) is 15.8 Å². The van der Waals surface area contributed by atoms with Crippen LogP contribution in [0.2, 0.25) is 0 Å². The van der Waals surface area contributed by atoms with Gasteiger partial charge in [-0.15, -0.1) is 23.2 Å². The van der Waals surface area contributed by atoms with Crippen molar-refractivity contribution in [1.82, 2.24) is 4.98 Å². The van der Waals surface area contributed by atoms with Crippen molar-refractivity contribution in [3.8, 4) is 0 Å². The molecule has 0 aliphatic rings. The first kappa shape index (κ1) is 8.44. The van der Waals surface area contributed by atoms with Crippen molar-refractivity contribution in [2.75, 3.05) is 0 Å². The molecule has 0 aliphatic heterocycles. The van der Waals surface area contributed by atoms with Gasteiger partial charge in [0.1, 0.15) is 0 Å². The van der Waals surface area contributed by atoms with Gasteiger partial charge >= 0.3 is 0 Å². The summed E-state index contributed by atoms with van der Waals surface area (Å²) in [4.78, 5) is 3.01. The smallest absolute Gasteiger partial charge is 0.0628 e. The first-order chi connectivity index (χ1) is 4.79. The third-order valence-corrected chi connectivity index (χ3v) is 2.54. The molecule has 1 heterocycles. The van der Waals surface area contributed by atoms with Crippen LogP contribution in [-0.2, 0) is 11.8 Å². The zero-order valence-corrected chi connectivity index (χ0v) is 8.22. The standard InChI is InChI=1S/C6H6BrCl2N/c7-5-3-10-6(2-9)4(5)1-8/h3,10H,1-2H2. The molecule has 10 heavy (non-hydrogen) atoms. The summed E-state index contributed by atoms with van der Waals surface area (Å²) >= 11 is 14.6. The summed E-state index contributed by atoms with van der Waals surface area (Å²) in [6, 6.07) is 0. The predicted molar refractivity (Wildman–Crippen MR) is 47.6 cm³/mol. The van der Waals surface area contributed by atoms with E-state index in [1.807, 2.05) is 6.20 Å². The van der Waals surface area contributed by atoms with E-state index in [2.05, 4.69) is 20.9 Å². The van der Waals surface area contributed by atoms with Gasteiger partial charge in [-0.1, -0.05) is 0 Å². The Morgan fingerprint density at radius 3 is 2.50 bits per heavy atom. The zero-order chi connectivity index (χ0) is 7.56. The Morgan fingerprint density at radius 1 is 1.40 bits per heavy atom. The number of rotatable bonds is 2. The average Bonchev–Trinajstić information content (AvgIpc) is 2.30. The largest absolute Gasteiger partial charge is 0.363 e. The van der Waals surface area contributed by atoms with Crippen molar-refractivity contribution in [2.45, 2.75) is 11.8 Å². The van der Waals surface area contributed by atoms with Gasteiger partial charge in [-0.25, -0.2) is 0 Å². The molecule has 1 N–H and O–H groups in total. The number of H-pyrrole nitrogens is 1. The van der Waals surface area contributed by atoms with Crippen molar-refractivity contribution in [2.24, 2.45) is 0 Å². The van der Waals surface area contributed by atoms with Gasteiger partial charge in [-0.3, -0.25) is 0 Å². The predicted octanol–water partition coefficient (Wildman–Crippen LogP) is 3.25. The van der Waals surface area contributed by atoms with E-state index in [0.717, 1.165) is 15.7 Å². The molecule has 0 amide bonds. The van der Waals surface area contributed by atoms with E-state index in [9.17, 15) is 0 Å². The van der Waals surface area contributed by atoms with Gasteiger partial charge in [0, 0.05) is 21.9 Å². The highest BCUT2D eigenvalue weighted by atomic mass is 79.9. The maximum Gasteiger partial charge on any atom is 0.0628 e. The molecule has 0 fully saturated rings. The number of hydrogen-bond donors (Lipinski definition) is 1. The number of aromatic amines is 1. The SMILES string of the molecule is ClCc1[nH]cc(Br)c1CCl. The third kappa shape index (κ3) is 1.49. The van der Waals surface area contributed by atoms with Crippen LogP contribution in [0, 0.1) is 0 Å². The van der Waals surface area contributed by atoms with Gasteiger partial charge in [0.05, 0.1) is 11.8 Å². The number of halogens is 3. The molecular weight excluding hydrogens is 237 g/mol. The van der Waals surface area contributed by atoms with E-state index >= 15 is 0 Å². The Kier molecular flexibility index (Phi) is 3.08. The molecule has 0 bridgehead atoms. The van der Waals surface area contributed by atoms with Crippen molar-refractivity contribution >= 4 is 39.1 Å². The van der Waals surface area contributed by atoms with Crippen molar-refractivity contribution < 1.29 is 0 Å². The second-order valence-electron chi connectivity index (χ2n) is 1.86. The minimum absolute atomic E-state index is 0.480. The normalized spacial score (nSPS) is 10.3. The Morgan fingerprint density at radius 2 is 2.10 bits per heavy atom. The summed E-state index contributed by atoms with van der Waals surface area (Å²) in [7, 11) is 0. The molecule has 1 rings (SSSR count).